The Morgan fingerprint density at radius 1 is 0.750 bits per heavy atom. The van der Waals surface area contributed by atoms with E-state index in [1.54, 1.807) is 11.8 Å². The Morgan fingerprint density at radius 3 is 1.92 bits per heavy atom. The molecule has 0 bridgehead atoms. The van der Waals surface area contributed by atoms with Crippen LogP contribution in [-0.4, -0.2) is 6.26 Å². The van der Waals surface area contributed by atoms with Gasteiger partial charge in [0.1, 0.15) is 0 Å². The van der Waals surface area contributed by atoms with Crippen LogP contribution in [0.2, 0.25) is 0 Å². The molecule has 0 fully saturated rings. The smallest absolute Gasteiger partial charge is 0.0252 e. The van der Waals surface area contributed by atoms with E-state index in [-0.39, 0.29) is 10.8 Å². The van der Waals surface area contributed by atoms with Gasteiger partial charge in [0.15, 0.2) is 0 Å². The molecule has 0 unspecified atom stereocenters. The van der Waals surface area contributed by atoms with Gasteiger partial charge in [-0.15, -0.1) is 11.8 Å². The first kappa shape index (κ1) is 17.2. The summed E-state index contributed by atoms with van der Waals surface area (Å²) in [5, 5.41) is 0. The lowest BCUT2D eigenvalue weighted by Gasteiger charge is -2.41. The predicted octanol–water partition coefficient (Wildman–Crippen LogP) is 6.16. The third kappa shape index (κ3) is 3.40. The van der Waals surface area contributed by atoms with Gasteiger partial charge in [-0.2, -0.15) is 0 Å². The topological polar surface area (TPSA) is 0 Å². The second-order valence-corrected chi connectivity index (χ2v) is 8.89. The summed E-state index contributed by atoms with van der Waals surface area (Å²) in [6.45, 7) is 9.44. The van der Waals surface area contributed by atoms with Crippen LogP contribution in [0.3, 0.4) is 0 Å². The zero-order valence-corrected chi connectivity index (χ0v) is 16.2. The SMILES string of the molecule is CSc1ccc(C#Cc2ccc3c(c2)C(C)(C)CCC3(C)C)cc1. The molecule has 0 radical (unpaired) electrons. The molecule has 0 amide bonds. The van der Waals surface area contributed by atoms with E-state index in [0.29, 0.717) is 0 Å². The molecule has 0 aromatic heterocycles. The van der Waals surface area contributed by atoms with Crippen molar-refractivity contribution in [3.63, 3.8) is 0 Å². The highest BCUT2D eigenvalue weighted by Crippen LogP contribution is 2.45. The lowest BCUT2D eigenvalue weighted by molar-refractivity contribution is 0.332. The van der Waals surface area contributed by atoms with Crippen molar-refractivity contribution in [2.75, 3.05) is 6.26 Å². The fraction of sp³-hybridized carbons (Fsp3) is 0.391. The molecule has 0 saturated heterocycles. The summed E-state index contributed by atoms with van der Waals surface area (Å²) < 4.78 is 0. The minimum Gasteiger partial charge on any atom is -0.130 e. The van der Waals surface area contributed by atoms with Gasteiger partial charge in [0.05, 0.1) is 0 Å². The van der Waals surface area contributed by atoms with Crippen LogP contribution in [0.1, 0.15) is 62.8 Å². The molecule has 0 aliphatic heterocycles. The van der Waals surface area contributed by atoms with Crippen molar-refractivity contribution in [3.05, 3.63) is 64.7 Å². The van der Waals surface area contributed by atoms with Crippen molar-refractivity contribution in [2.24, 2.45) is 0 Å². The van der Waals surface area contributed by atoms with Crippen molar-refractivity contribution in [2.45, 2.75) is 56.3 Å². The van der Waals surface area contributed by atoms with Gasteiger partial charge in [0.25, 0.3) is 0 Å². The number of hydrogen-bond acceptors (Lipinski definition) is 1. The highest BCUT2D eigenvalue weighted by molar-refractivity contribution is 7.98. The van der Waals surface area contributed by atoms with Crippen LogP contribution < -0.4 is 0 Å². The maximum absolute atomic E-state index is 3.36. The zero-order chi connectivity index (χ0) is 17.4. The van der Waals surface area contributed by atoms with Gasteiger partial charge in [-0.3, -0.25) is 0 Å². The molecule has 2 aromatic carbocycles. The third-order valence-corrected chi connectivity index (χ3v) is 6.04. The summed E-state index contributed by atoms with van der Waals surface area (Å²) in [6, 6.07) is 15.3. The van der Waals surface area contributed by atoms with Gasteiger partial charge < -0.3 is 0 Å². The molecular weight excluding hydrogens is 308 g/mol. The highest BCUT2D eigenvalue weighted by atomic mass is 32.2. The largest absolute Gasteiger partial charge is 0.130 e. The lowest BCUT2D eigenvalue weighted by Crippen LogP contribution is -2.33. The molecule has 0 heterocycles. The maximum atomic E-state index is 3.36. The Kier molecular flexibility index (Phi) is 4.54. The van der Waals surface area contributed by atoms with Crippen LogP contribution in [-0.2, 0) is 10.8 Å². The van der Waals surface area contributed by atoms with Gasteiger partial charge in [0.2, 0.25) is 0 Å². The van der Waals surface area contributed by atoms with Gasteiger partial charge in [-0.25, -0.2) is 0 Å². The first-order chi connectivity index (χ1) is 11.3. The molecule has 1 heteroatoms. The Hall–Kier alpha value is -1.65. The van der Waals surface area contributed by atoms with E-state index in [1.807, 2.05) is 0 Å². The van der Waals surface area contributed by atoms with Crippen molar-refractivity contribution >= 4 is 11.8 Å². The molecule has 0 saturated carbocycles. The molecule has 2 aromatic rings. The number of benzene rings is 2. The van der Waals surface area contributed by atoms with Crippen LogP contribution in [0, 0.1) is 11.8 Å². The van der Waals surface area contributed by atoms with E-state index in [1.165, 1.54) is 28.9 Å². The molecule has 0 spiro atoms. The highest BCUT2D eigenvalue weighted by Gasteiger charge is 2.36. The number of rotatable bonds is 1. The van der Waals surface area contributed by atoms with Gasteiger partial charge in [-0.1, -0.05) is 45.6 Å². The number of fused-ring (bicyclic) bond motifs is 1. The monoisotopic (exact) mass is 334 g/mol. The Balaban J connectivity index is 1.95. The zero-order valence-electron chi connectivity index (χ0n) is 15.4. The van der Waals surface area contributed by atoms with Crippen LogP contribution in [0.4, 0.5) is 0 Å². The number of thioether (sulfide) groups is 1. The summed E-state index contributed by atoms with van der Waals surface area (Å²) in [5.41, 5.74) is 5.67. The summed E-state index contributed by atoms with van der Waals surface area (Å²) in [6.07, 6.45) is 4.58. The van der Waals surface area contributed by atoms with Gasteiger partial charge >= 0.3 is 0 Å². The first-order valence-electron chi connectivity index (χ1n) is 8.63. The van der Waals surface area contributed by atoms with Crippen LogP contribution in [0.15, 0.2) is 47.4 Å². The number of hydrogen-bond donors (Lipinski definition) is 0. The Labute approximate surface area is 151 Å². The van der Waals surface area contributed by atoms with Crippen molar-refractivity contribution in [1.82, 2.24) is 0 Å². The minimum atomic E-state index is 0.239. The van der Waals surface area contributed by atoms with Crippen molar-refractivity contribution < 1.29 is 0 Å². The lowest BCUT2D eigenvalue weighted by atomic mass is 9.63. The quantitative estimate of drug-likeness (QED) is 0.445. The summed E-state index contributed by atoms with van der Waals surface area (Å²) in [4.78, 5) is 1.28. The summed E-state index contributed by atoms with van der Waals surface area (Å²) >= 11 is 1.76. The van der Waals surface area contributed by atoms with Gasteiger partial charge in [0, 0.05) is 16.0 Å². The maximum Gasteiger partial charge on any atom is 0.0252 e. The van der Waals surface area contributed by atoms with Crippen LogP contribution in [0.5, 0.6) is 0 Å². The molecule has 1 aliphatic rings. The fourth-order valence-corrected chi connectivity index (χ4v) is 3.89. The average molecular weight is 335 g/mol. The van der Waals surface area contributed by atoms with Crippen molar-refractivity contribution in [1.29, 1.82) is 0 Å². The summed E-state index contributed by atoms with van der Waals surface area (Å²) in [5.74, 6) is 6.66. The van der Waals surface area contributed by atoms with E-state index in [4.69, 9.17) is 0 Å². The molecule has 3 rings (SSSR count). The van der Waals surface area contributed by atoms with Crippen LogP contribution in [0.25, 0.3) is 0 Å². The minimum absolute atomic E-state index is 0.239. The standard InChI is InChI=1S/C23H26S/c1-22(2)14-15-23(3,4)21-16-18(10-13-20(21)22)7-6-17-8-11-19(24-5)12-9-17/h8-13,16H,14-15H2,1-5H3. The van der Waals surface area contributed by atoms with E-state index in [2.05, 4.69) is 88.3 Å². The van der Waals surface area contributed by atoms with Crippen molar-refractivity contribution in [3.8, 4) is 11.8 Å². The van der Waals surface area contributed by atoms with Crippen LogP contribution >= 0.6 is 11.8 Å². The first-order valence-corrected chi connectivity index (χ1v) is 9.85. The molecule has 24 heavy (non-hydrogen) atoms. The molecule has 1 aliphatic carbocycles. The Morgan fingerprint density at radius 2 is 1.29 bits per heavy atom. The molecule has 0 atom stereocenters. The summed E-state index contributed by atoms with van der Waals surface area (Å²) in [7, 11) is 0. The van der Waals surface area contributed by atoms with E-state index >= 15 is 0 Å². The molecule has 0 nitrogen and oxygen atoms in total. The van der Waals surface area contributed by atoms with E-state index in [0.717, 1.165) is 11.1 Å². The fourth-order valence-electron chi connectivity index (χ4n) is 3.49. The molecular formula is C23H26S. The second kappa shape index (κ2) is 6.34. The molecule has 0 N–H and O–H groups in total. The van der Waals surface area contributed by atoms with Gasteiger partial charge in [-0.05, 0) is 77.5 Å². The predicted molar refractivity (Wildman–Crippen MR) is 106 cm³/mol. The Bertz CT molecular complexity index is 798. The van der Waals surface area contributed by atoms with E-state index < -0.39 is 0 Å². The van der Waals surface area contributed by atoms with E-state index in [9.17, 15) is 0 Å². The normalized spacial score (nSPS) is 17.5. The average Bonchev–Trinajstić information content (AvgIpc) is 2.58. The third-order valence-electron chi connectivity index (χ3n) is 5.29. The second-order valence-electron chi connectivity index (χ2n) is 8.01. The molecule has 124 valence electrons.